The highest BCUT2D eigenvalue weighted by Crippen LogP contribution is 2.14. The molecule has 6 heteroatoms. The van der Waals surface area contributed by atoms with E-state index in [0.717, 1.165) is 31.5 Å². The van der Waals surface area contributed by atoms with E-state index in [9.17, 15) is 4.79 Å². The SMILES string of the molecule is CN(Cc1ccncc1)C(=O)C1CCCNC1.Cl.Cl. The summed E-state index contributed by atoms with van der Waals surface area (Å²) in [6, 6.07) is 3.89. The predicted molar refractivity (Wildman–Crippen MR) is 80.8 cm³/mol. The van der Waals surface area contributed by atoms with Gasteiger partial charge in [-0.2, -0.15) is 0 Å². The van der Waals surface area contributed by atoms with Crippen LogP contribution < -0.4 is 5.32 Å². The third-order valence-corrected chi connectivity index (χ3v) is 3.19. The third kappa shape index (κ3) is 5.35. The smallest absolute Gasteiger partial charge is 0.227 e. The lowest BCUT2D eigenvalue weighted by Gasteiger charge is -2.27. The Bertz CT molecular complexity index is 369. The Balaban J connectivity index is 0.00000162. The number of amides is 1. The zero-order chi connectivity index (χ0) is 12.1. The van der Waals surface area contributed by atoms with Crippen molar-refractivity contribution in [2.24, 2.45) is 5.92 Å². The summed E-state index contributed by atoms with van der Waals surface area (Å²) in [5.74, 6) is 0.393. The normalized spacial score (nSPS) is 17.8. The van der Waals surface area contributed by atoms with Crippen molar-refractivity contribution in [2.75, 3.05) is 20.1 Å². The van der Waals surface area contributed by atoms with Crippen molar-refractivity contribution in [3.63, 3.8) is 0 Å². The first-order chi connectivity index (χ1) is 8.27. The molecule has 1 atom stereocenters. The summed E-state index contributed by atoms with van der Waals surface area (Å²) in [5, 5.41) is 3.28. The van der Waals surface area contributed by atoms with Gasteiger partial charge in [-0.3, -0.25) is 9.78 Å². The minimum absolute atomic E-state index is 0. The van der Waals surface area contributed by atoms with E-state index in [1.54, 1.807) is 12.4 Å². The topological polar surface area (TPSA) is 45.2 Å². The first-order valence-corrected chi connectivity index (χ1v) is 6.12. The van der Waals surface area contributed by atoms with Crippen molar-refractivity contribution in [3.8, 4) is 0 Å². The Morgan fingerprint density at radius 3 is 2.68 bits per heavy atom. The summed E-state index contributed by atoms with van der Waals surface area (Å²) in [4.78, 5) is 18.0. The van der Waals surface area contributed by atoms with E-state index < -0.39 is 0 Å². The maximum Gasteiger partial charge on any atom is 0.227 e. The van der Waals surface area contributed by atoms with Crippen LogP contribution in [0.15, 0.2) is 24.5 Å². The summed E-state index contributed by atoms with van der Waals surface area (Å²) >= 11 is 0. The molecular formula is C13H21Cl2N3O. The standard InChI is InChI=1S/C13H19N3O.2ClH/c1-16(10-11-4-7-14-8-5-11)13(17)12-3-2-6-15-9-12;;/h4-5,7-8,12,15H,2-3,6,9-10H2,1H3;2*1H. The first-order valence-electron chi connectivity index (χ1n) is 6.12. The number of nitrogens with one attached hydrogen (secondary N) is 1. The molecule has 1 N–H and O–H groups in total. The van der Waals surface area contributed by atoms with Crippen LogP contribution in [0, 0.1) is 5.92 Å². The van der Waals surface area contributed by atoms with Crippen molar-refractivity contribution in [2.45, 2.75) is 19.4 Å². The van der Waals surface area contributed by atoms with Gasteiger partial charge in [-0.05, 0) is 37.1 Å². The average Bonchev–Trinajstić information content (AvgIpc) is 2.40. The number of piperidine rings is 1. The van der Waals surface area contributed by atoms with E-state index in [0.29, 0.717) is 6.54 Å². The Kier molecular flexibility index (Phi) is 8.72. The number of rotatable bonds is 3. The summed E-state index contributed by atoms with van der Waals surface area (Å²) in [6.45, 7) is 2.52. The summed E-state index contributed by atoms with van der Waals surface area (Å²) in [6.07, 6.45) is 5.62. The third-order valence-electron chi connectivity index (χ3n) is 3.19. The molecule has 1 aromatic heterocycles. The molecule has 0 radical (unpaired) electrons. The van der Waals surface area contributed by atoms with E-state index in [1.807, 2.05) is 24.1 Å². The largest absolute Gasteiger partial charge is 0.341 e. The maximum absolute atomic E-state index is 12.2. The summed E-state index contributed by atoms with van der Waals surface area (Å²) < 4.78 is 0. The second-order valence-electron chi connectivity index (χ2n) is 4.59. The fraction of sp³-hybridized carbons (Fsp3) is 0.538. The number of carbonyl (C=O) groups excluding carboxylic acids is 1. The Hall–Kier alpha value is -0.840. The molecule has 0 bridgehead atoms. The molecule has 1 aromatic rings. The molecule has 1 aliphatic heterocycles. The molecular weight excluding hydrogens is 285 g/mol. The van der Waals surface area contributed by atoms with Gasteiger partial charge in [0.1, 0.15) is 0 Å². The monoisotopic (exact) mass is 305 g/mol. The highest BCUT2D eigenvalue weighted by atomic mass is 35.5. The van der Waals surface area contributed by atoms with E-state index in [-0.39, 0.29) is 36.6 Å². The number of aromatic nitrogens is 1. The van der Waals surface area contributed by atoms with Crippen molar-refractivity contribution < 1.29 is 4.79 Å². The molecule has 2 heterocycles. The maximum atomic E-state index is 12.2. The molecule has 2 rings (SSSR count). The van der Waals surface area contributed by atoms with Gasteiger partial charge in [0.2, 0.25) is 5.91 Å². The van der Waals surface area contributed by atoms with Crippen LogP contribution >= 0.6 is 24.8 Å². The van der Waals surface area contributed by atoms with Crippen molar-refractivity contribution >= 4 is 30.7 Å². The zero-order valence-corrected chi connectivity index (χ0v) is 12.7. The number of halogens is 2. The van der Waals surface area contributed by atoms with Gasteiger partial charge in [-0.15, -0.1) is 24.8 Å². The first kappa shape index (κ1) is 18.2. The van der Waals surface area contributed by atoms with Crippen LogP contribution in [0.25, 0.3) is 0 Å². The molecule has 1 aliphatic rings. The zero-order valence-electron chi connectivity index (χ0n) is 11.0. The fourth-order valence-corrected chi connectivity index (χ4v) is 2.21. The van der Waals surface area contributed by atoms with Gasteiger partial charge in [-0.25, -0.2) is 0 Å². The molecule has 0 saturated carbocycles. The van der Waals surface area contributed by atoms with Gasteiger partial charge < -0.3 is 10.2 Å². The summed E-state index contributed by atoms with van der Waals surface area (Å²) in [5.41, 5.74) is 1.12. The van der Waals surface area contributed by atoms with Crippen LogP contribution in [0.2, 0.25) is 0 Å². The molecule has 0 aliphatic carbocycles. The van der Waals surface area contributed by atoms with Gasteiger partial charge >= 0.3 is 0 Å². The molecule has 1 saturated heterocycles. The molecule has 4 nitrogen and oxygen atoms in total. The number of nitrogens with zero attached hydrogens (tertiary/aromatic N) is 2. The van der Waals surface area contributed by atoms with Crippen LogP contribution in [-0.4, -0.2) is 35.9 Å². The summed E-state index contributed by atoms with van der Waals surface area (Å²) in [7, 11) is 1.87. The molecule has 1 amide bonds. The van der Waals surface area contributed by atoms with E-state index in [1.165, 1.54) is 0 Å². The van der Waals surface area contributed by atoms with Gasteiger partial charge in [-0.1, -0.05) is 0 Å². The van der Waals surface area contributed by atoms with Gasteiger partial charge in [0, 0.05) is 32.5 Å². The van der Waals surface area contributed by atoms with E-state index in [4.69, 9.17) is 0 Å². The van der Waals surface area contributed by atoms with Crippen LogP contribution in [0.4, 0.5) is 0 Å². The number of carbonyl (C=O) groups is 1. The van der Waals surface area contributed by atoms with E-state index >= 15 is 0 Å². The molecule has 1 fully saturated rings. The predicted octanol–water partition coefficient (Wildman–Crippen LogP) is 1.88. The molecule has 1 unspecified atom stereocenters. The Morgan fingerprint density at radius 2 is 2.11 bits per heavy atom. The number of pyridine rings is 1. The highest BCUT2D eigenvalue weighted by Gasteiger charge is 2.23. The highest BCUT2D eigenvalue weighted by molar-refractivity contribution is 5.85. The van der Waals surface area contributed by atoms with Crippen molar-refractivity contribution in [3.05, 3.63) is 30.1 Å². The minimum atomic E-state index is 0. The van der Waals surface area contributed by atoms with Gasteiger partial charge in [0.15, 0.2) is 0 Å². The van der Waals surface area contributed by atoms with E-state index in [2.05, 4.69) is 10.3 Å². The van der Waals surface area contributed by atoms with Gasteiger partial charge in [0.05, 0.1) is 5.92 Å². The van der Waals surface area contributed by atoms with Crippen LogP contribution in [0.5, 0.6) is 0 Å². The Morgan fingerprint density at radius 1 is 1.42 bits per heavy atom. The molecule has 108 valence electrons. The molecule has 0 aromatic carbocycles. The lowest BCUT2D eigenvalue weighted by Crippen LogP contribution is -2.41. The number of hydrogen-bond donors (Lipinski definition) is 1. The van der Waals surface area contributed by atoms with Gasteiger partial charge in [0.25, 0.3) is 0 Å². The lowest BCUT2D eigenvalue weighted by atomic mass is 9.98. The average molecular weight is 306 g/mol. The quantitative estimate of drug-likeness (QED) is 0.927. The van der Waals surface area contributed by atoms with Crippen LogP contribution in [0.1, 0.15) is 18.4 Å². The number of hydrogen-bond acceptors (Lipinski definition) is 3. The molecule has 19 heavy (non-hydrogen) atoms. The second kappa shape index (κ2) is 9.13. The van der Waals surface area contributed by atoms with Crippen molar-refractivity contribution in [1.82, 2.24) is 15.2 Å². The second-order valence-corrected chi connectivity index (χ2v) is 4.59. The molecule has 0 spiro atoms. The Labute approximate surface area is 126 Å². The van der Waals surface area contributed by atoms with Crippen molar-refractivity contribution in [1.29, 1.82) is 0 Å². The van der Waals surface area contributed by atoms with Crippen LogP contribution in [0.3, 0.4) is 0 Å². The fourth-order valence-electron chi connectivity index (χ4n) is 2.21. The lowest BCUT2D eigenvalue weighted by molar-refractivity contribution is -0.135. The minimum Gasteiger partial charge on any atom is -0.341 e. The van der Waals surface area contributed by atoms with Crippen LogP contribution in [-0.2, 0) is 11.3 Å².